The van der Waals surface area contributed by atoms with Gasteiger partial charge in [0.1, 0.15) is 4.90 Å². The van der Waals surface area contributed by atoms with Crippen LogP contribution in [0.1, 0.15) is 19.3 Å². The second-order valence-electron chi connectivity index (χ2n) is 5.04. The van der Waals surface area contributed by atoms with E-state index in [1.165, 1.54) is 0 Å². The molecule has 18 heavy (non-hydrogen) atoms. The lowest BCUT2D eigenvalue weighted by Crippen LogP contribution is -2.27. The van der Waals surface area contributed by atoms with E-state index in [4.69, 9.17) is 5.73 Å². The Bertz CT molecular complexity index is 554. The number of sulfonamides is 1. The Labute approximate surface area is 107 Å². The van der Waals surface area contributed by atoms with Crippen molar-refractivity contribution in [2.24, 2.45) is 5.73 Å². The zero-order chi connectivity index (χ0) is 12.8. The summed E-state index contributed by atoms with van der Waals surface area (Å²) in [7, 11) is -3.42. The fraction of sp³-hybridized carbons (Fsp3) is 0.500. The standard InChI is InChI=1S/C12H17N3O2S/c13-9-7-11(9)14-10-3-1-2-4-12(10)18(16,17)15-8-5-6-8/h1-4,8-9,11,14-15H,5-7,13H2. The lowest BCUT2D eigenvalue weighted by atomic mass is 10.3. The van der Waals surface area contributed by atoms with Gasteiger partial charge in [-0.15, -0.1) is 0 Å². The summed E-state index contributed by atoms with van der Waals surface area (Å²) in [6, 6.07) is 7.42. The van der Waals surface area contributed by atoms with E-state index < -0.39 is 10.0 Å². The van der Waals surface area contributed by atoms with E-state index in [2.05, 4.69) is 10.0 Å². The predicted molar refractivity (Wildman–Crippen MR) is 69.8 cm³/mol. The zero-order valence-corrected chi connectivity index (χ0v) is 10.8. The first-order valence-electron chi connectivity index (χ1n) is 6.20. The molecule has 5 nitrogen and oxygen atoms in total. The summed E-state index contributed by atoms with van der Waals surface area (Å²) in [5, 5.41) is 3.19. The minimum atomic E-state index is -3.42. The van der Waals surface area contributed by atoms with E-state index >= 15 is 0 Å². The van der Waals surface area contributed by atoms with Gasteiger partial charge in [-0.2, -0.15) is 0 Å². The first kappa shape index (κ1) is 12.0. The number of rotatable bonds is 5. The Kier molecular flexibility index (Phi) is 2.80. The topological polar surface area (TPSA) is 84.2 Å². The lowest BCUT2D eigenvalue weighted by molar-refractivity contribution is 0.581. The summed E-state index contributed by atoms with van der Waals surface area (Å²) in [6.07, 6.45) is 2.76. The van der Waals surface area contributed by atoms with E-state index in [9.17, 15) is 8.42 Å². The van der Waals surface area contributed by atoms with Gasteiger partial charge >= 0.3 is 0 Å². The molecule has 2 aliphatic rings. The first-order chi connectivity index (χ1) is 8.56. The fourth-order valence-electron chi connectivity index (χ4n) is 1.88. The van der Waals surface area contributed by atoms with Gasteiger partial charge in [0.15, 0.2) is 0 Å². The van der Waals surface area contributed by atoms with Crippen LogP contribution in [0.2, 0.25) is 0 Å². The number of hydrogen-bond acceptors (Lipinski definition) is 4. The molecule has 0 aromatic heterocycles. The van der Waals surface area contributed by atoms with Crippen LogP contribution < -0.4 is 15.8 Å². The molecule has 2 aliphatic carbocycles. The third-order valence-electron chi connectivity index (χ3n) is 3.26. The van der Waals surface area contributed by atoms with Crippen LogP contribution in [-0.4, -0.2) is 26.5 Å². The highest BCUT2D eigenvalue weighted by atomic mass is 32.2. The second kappa shape index (κ2) is 4.22. The number of nitrogens with two attached hydrogens (primary N) is 1. The van der Waals surface area contributed by atoms with Crippen molar-refractivity contribution < 1.29 is 8.42 Å². The Morgan fingerprint density at radius 2 is 1.89 bits per heavy atom. The molecule has 0 heterocycles. The summed E-state index contributed by atoms with van der Waals surface area (Å²) in [5.74, 6) is 0. The molecule has 6 heteroatoms. The van der Waals surface area contributed by atoms with Gasteiger partial charge in [0.2, 0.25) is 10.0 Å². The molecule has 1 aromatic carbocycles. The maximum Gasteiger partial charge on any atom is 0.242 e. The lowest BCUT2D eigenvalue weighted by Gasteiger charge is -2.12. The highest BCUT2D eigenvalue weighted by molar-refractivity contribution is 7.89. The minimum absolute atomic E-state index is 0.117. The van der Waals surface area contributed by atoms with Crippen molar-refractivity contribution >= 4 is 15.7 Å². The van der Waals surface area contributed by atoms with Crippen LogP contribution in [0.4, 0.5) is 5.69 Å². The Hall–Kier alpha value is -1.11. The van der Waals surface area contributed by atoms with E-state index in [1.54, 1.807) is 18.2 Å². The molecular formula is C12H17N3O2S. The Balaban J connectivity index is 1.85. The molecule has 2 fully saturated rings. The number of benzene rings is 1. The smallest absolute Gasteiger partial charge is 0.242 e. The normalized spacial score (nSPS) is 26.9. The predicted octanol–water partition coefficient (Wildman–Crippen LogP) is 0.639. The third kappa shape index (κ3) is 2.50. The fourth-order valence-corrected chi connectivity index (χ4v) is 3.36. The molecule has 2 unspecified atom stereocenters. The van der Waals surface area contributed by atoms with E-state index in [-0.39, 0.29) is 18.1 Å². The molecule has 0 radical (unpaired) electrons. The van der Waals surface area contributed by atoms with Gasteiger partial charge in [-0.3, -0.25) is 0 Å². The summed E-state index contributed by atoms with van der Waals surface area (Å²) in [5.41, 5.74) is 6.38. The van der Waals surface area contributed by atoms with Gasteiger partial charge in [-0.05, 0) is 31.4 Å². The van der Waals surface area contributed by atoms with Crippen LogP contribution in [0.3, 0.4) is 0 Å². The van der Waals surface area contributed by atoms with Crippen LogP contribution in [0.5, 0.6) is 0 Å². The first-order valence-corrected chi connectivity index (χ1v) is 7.68. The minimum Gasteiger partial charge on any atom is -0.380 e. The van der Waals surface area contributed by atoms with Crippen molar-refractivity contribution in [2.45, 2.75) is 42.3 Å². The van der Waals surface area contributed by atoms with Gasteiger partial charge in [0.25, 0.3) is 0 Å². The van der Waals surface area contributed by atoms with Crippen molar-refractivity contribution in [3.63, 3.8) is 0 Å². The largest absolute Gasteiger partial charge is 0.380 e. The number of nitrogens with one attached hydrogen (secondary N) is 2. The number of anilines is 1. The average Bonchev–Trinajstić information content (AvgIpc) is 3.21. The highest BCUT2D eigenvalue weighted by Gasteiger charge is 2.35. The molecule has 0 aliphatic heterocycles. The molecule has 0 bridgehead atoms. The maximum absolute atomic E-state index is 12.2. The molecule has 0 spiro atoms. The quantitative estimate of drug-likeness (QED) is 0.731. The monoisotopic (exact) mass is 267 g/mol. The second-order valence-corrected chi connectivity index (χ2v) is 6.72. The zero-order valence-electron chi connectivity index (χ0n) is 9.96. The van der Waals surface area contributed by atoms with E-state index in [1.807, 2.05) is 6.07 Å². The SMILES string of the molecule is NC1CC1Nc1ccccc1S(=O)(=O)NC1CC1. The molecule has 2 saturated carbocycles. The third-order valence-corrected chi connectivity index (χ3v) is 4.84. The van der Waals surface area contributed by atoms with Crippen molar-refractivity contribution in [3.8, 4) is 0 Å². The van der Waals surface area contributed by atoms with Gasteiger partial charge in [0, 0.05) is 18.1 Å². The summed E-state index contributed by atoms with van der Waals surface area (Å²) < 4.78 is 27.1. The molecule has 98 valence electrons. The van der Waals surface area contributed by atoms with Crippen molar-refractivity contribution in [2.75, 3.05) is 5.32 Å². The molecule has 3 rings (SSSR count). The van der Waals surface area contributed by atoms with E-state index in [0.717, 1.165) is 19.3 Å². The van der Waals surface area contributed by atoms with Gasteiger partial charge in [-0.25, -0.2) is 13.1 Å². The van der Waals surface area contributed by atoms with Crippen molar-refractivity contribution in [1.29, 1.82) is 0 Å². The van der Waals surface area contributed by atoms with Crippen LogP contribution in [0.15, 0.2) is 29.2 Å². The summed E-state index contributed by atoms with van der Waals surface area (Å²) in [6.45, 7) is 0. The Morgan fingerprint density at radius 3 is 2.50 bits per heavy atom. The van der Waals surface area contributed by atoms with Crippen LogP contribution >= 0.6 is 0 Å². The van der Waals surface area contributed by atoms with Gasteiger partial charge < -0.3 is 11.1 Å². The molecular weight excluding hydrogens is 250 g/mol. The van der Waals surface area contributed by atoms with Crippen LogP contribution in [0.25, 0.3) is 0 Å². The van der Waals surface area contributed by atoms with Crippen LogP contribution in [0, 0.1) is 0 Å². The number of hydrogen-bond donors (Lipinski definition) is 3. The van der Waals surface area contributed by atoms with Crippen molar-refractivity contribution in [3.05, 3.63) is 24.3 Å². The average molecular weight is 267 g/mol. The molecule has 4 N–H and O–H groups in total. The summed E-state index contributed by atoms with van der Waals surface area (Å²) >= 11 is 0. The van der Waals surface area contributed by atoms with Gasteiger partial charge in [0.05, 0.1) is 5.69 Å². The molecule has 2 atom stereocenters. The van der Waals surface area contributed by atoms with Crippen LogP contribution in [-0.2, 0) is 10.0 Å². The number of para-hydroxylation sites is 1. The molecule has 1 aromatic rings. The molecule has 0 saturated heterocycles. The Morgan fingerprint density at radius 1 is 1.22 bits per heavy atom. The summed E-state index contributed by atoms with van der Waals surface area (Å²) in [4.78, 5) is 0.316. The highest BCUT2D eigenvalue weighted by Crippen LogP contribution is 2.29. The molecule has 0 amide bonds. The van der Waals surface area contributed by atoms with E-state index in [0.29, 0.717) is 10.6 Å². The maximum atomic E-state index is 12.2. The van der Waals surface area contributed by atoms with Gasteiger partial charge in [-0.1, -0.05) is 12.1 Å². The van der Waals surface area contributed by atoms with Crippen molar-refractivity contribution in [1.82, 2.24) is 4.72 Å².